The zero-order valence-electron chi connectivity index (χ0n) is 14.0. The molecule has 112 valence electrons. The van der Waals surface area contributed by atoms with Crippen LogP contribution >= 0.6 is 0 Å². The van der Waals surface area contributed by atoms with Gasteiger partial charge in [-0.3, -0.25) is 0 Å². The molecule has 0 bridgehead atoms. The normalized spacial score (nSPS) is 11.2. The van der Waals surface area contributed by atoms with Crippen LogP contribution in [-0.2, 0) is 0 Å². The topological polar surface area (TPSA) is 3.01 Å². The van der Waals surface area contributed by atoms with Crippen LogP contribution < -0.4 is 0 Å². The minimum Gasteiger partial charge on any atom is -0.201 e. The first-order valence-corrected chi connectivity index (χ1v) is 7.23. The minimum absolute atomic E-state index is 0.763. The number of allylic oxidation sites excluding steroid dienone is 6. The second-order valence-electron chi connectivity index (χ2n) is 3.10. The average molecular weight is 274 g/mol. The Bertz CT molecular complexity index is 352. The maximum atomic E-state index is 3.79. The van der Waals surface area contributed by atoms with Gasteiger partial charge in [-0.25, -0.2) is 4.58 Å². The highest BCUT2D eigenvalue weighted by Crippen LogP contribution is 1.98. The Labute approximate surface area is 126 Å². The molecule has 0 aliphatic rings. The molecule has 0 amide bonds. The van der Waals surface area contributed by atoms with Crippen LogP contribution in [0.5, 0.6) is 0 Å². The first-order chi connectivity index (χ1) is 9.78. The molecule has 0 rings (SSSR count). The molecule has 0 unspecified atom stereocenters. The van der Waals surface area contributed by atoms with Crippen molar-refractivity contribution in [3.05, 3.63) is 74.0 Å². The Morgan fingerprint density at radius 3 is 1.95 bits per heavy atom. The lowest BCUT2D eigenvalue weighted by atomic mass is 10.2. The summed E-state index contributed by atoms with van der Waals surface area (Å²) >= 11 is 0. The molecule has 20 heavy (non-hydrogen) atoms. The third-order valence-corrected chi connectivity index (χ3v) is 1.89. The second-order valence-corrected chi connectivity index (χ2v) is 3.10. The van der Waals surface area contributed by atoms with E-state index in [0.717, 1.165) is 12.1 Å². The fourth-order valence-electron chi connectivity index (χ4n) is 1.03. The third-order valence-electron chi connectivity index (χ3n) is 1.89. The van der Waals surface area contributed by atoms with Crippen molar-refractivity contribution < 1.29 is 4.58 Å². The largest absolute Gasteiger partial charge is 0.201 e. The van der Waals surface area contributed by atoms with Gasteiger partial charge in [-0.05, 0) is 19.6 Å². The summed E-state index contributed by atoms with van der Waals surface area (Å²) in [5, 5.41) is 0. The van der Waals surface area contributed by atoms with E-state index in [1.807, 2.05) is 81.9 Å². The first-order valence-electron chi connectivity index (χ1n) is 7.23. The quantitative estimate of drug-likeness (QED) is 0.318. The van der Waals surface area contributed by atoms with Gasteiger partial charge >= 0.3 is 0 Å². The van der Waals surface area contributed by atoms with Gasteiger partial charge in [0.1, 0.15) is 0 Å². The van der Waals surface area contributed by atoms with Crippen molar-refractivity contribution in [2.24, 2.45) is 0 Å². The lowest BCUT2D eigenvalue weighted by molar-refractivity contribution is -0.440. The number of hydrogen-bond donors (Lipinski definition) is 0. The highest BCUT2D eigenvalue weighted by molar-refractivity contribution is 5.66. The second kappa shape index (κ2) is 22.3. The number of rotatable bonds is 7. The predicted octanol–water partition coefficient (Wildman–Crippen LogP) is 5.70. The highest BCUT2D eigenvalue weighted by atomic mass is 15.0. The van der Waals surface area contributed by atoms with Gasteiger partial charge in [0.2, 0.25) is 0 Å². The minimum atomic E-state index is 0.763. The molecule has 0 aromatic heterocycles. The van der Waals surface area contributed by atoms with E-state index >= 15 is 0 Å². The molecule has 1 nitrogen and oxygen atoms in total. The van der Waals surface area contributed by atoms with Crippen molar-refractivity contribution in [1.82, 2.24) is 0 Å². The van der Waals surface area contributed by atoms with Crippen molar-refractivity contribution in [3.63, 3.8) is 0 Å². The molecule has 0 fully saturated rings. The summed E-state index contributed by atoms with van der Waals surface area (Å²) in [5.41, 5.74) is 1.12. The molecule has 0 aliphatic heterocycles. The maximum Gasteiger partial charge on any atom is 0.173 e. The van der Waals surface area contributed by atoms with E-state index in [1.54, 1.807) is 12.3 Å². The molecule has 0 heterocycles. The standard InChI is InChI=1S/C15H20N.2C2H6/c1-5-9-11-12-15(7-3)14-16(8-4)13-10-6-2;2*1-2/h5-13H,1,3-4,14H2,2H3;2*1-2H3/q+1;;/b10-6-,11-9-,15-12+,16-13?;;. The van der Waals surface area contributed by atoms with Gasteiger partial charge in [-0.2, -0.15) is 0 Å². The Morgan fingerprint density at radius 1 is 0.950 bits per heavy atom. The van der Waals surface area contributed by atoms with Crippen LogP contribution in [0.2, 0.25) is 0 Å². The Hall–Kier alpha value is -1.89. The smallest absolute Gasteiger partial charge is 0.173 e. The molecule has 1 heteroatoms. The van der Waals surface area contributed by atoms with Gasteiger partial charge in [-0.1, -0.05) is 77.3 Å². The van der Waals surface area contributed by atoms with Gasteiger partial charge < -0.3 is 0 Å². The van der Waals surface area contributed by atoms with E-state index in [0.29, 0.717) is 0 Å². The fourth-order valence-corrected chi connectivity index (χ4v) is 1.03. The van der Waals surface area contributed by atoms with Crippen molar-refractivity contribution in [3.8, 4) is 0 Å². The van der Waals surface area contributed by atoms with Gasteiger partial charge in [0.25, 0.3) is 0 Å². The molecule has 0 spiro atoms. The molecule has 0 N–H and O–H groups in total. The molecular formula is C19H32N+. The lowest BCUT2D eigenvalue weighted by Gasteiger charge is -1.97. The summed E-state index contributed by atoms with van der Waals surface area (Å²) in [4.78, 5) is 0. The molecule has 0 saturated heterocycles. The van der Waals surface area contributed by atoms with E-state index in [9.17, 15) is 0 Å². The van der Waals surface area contributed by atoms with Crippen LogP contribution in [0, 0.1) is 0 Å². The molecule has 0 atom stereocenters. The Kier molecular flexibility index (Phi) is 25.9. The van der Waals surface area contributed by atoms with E-state index in [2.05, 4.69) is 19.7 Å². The van der Waals surface area contributed by atoms with Crippen LogP contribution in [0.3, 0.4) is 0 Å². The maximum absolute atomic E-state index is 3.79. The SMILES string of the molecule is C=C/C=C\C=C(/C=C)C[N+](C=C)=C/C=C\C.CC.CC. The van der Waals surface area contributed by atoms with Crippen LogP contribution in [0.15, 0.2) is 74.0 Å². The van der Waals surface area contributed by atoms with Crippen LogP contribution in [0.4, 0.5) is 0 Å². The van der Waals surface area contributed by atoms with Crippen molar-refractivity contribution in [2.45, 2.75) is 34.6 Å². The molecule has 0 radical (unpaired) electrons. The zero-order valence-corrected chi connectivity index (χ0v) is 14.0. The molecule has 0 saturated carbocycles. The Balaban J connectivity index is -0.000000656. The predicted molar refractivity (Wildman–Crippen MR) is 96.5 cm³/mol. The summed E-state index contributed by atoms with van der Waals surface area (Å²) < 4.78 is 2.00. The van der Waals surface area contributed by atoms with Crippen LogP contribution in [0.25, 0.3) is 0 Å². The van der Waals surface area contributed by atoms with E-state index in [1.165, 1.54) is 0 Å². The van der Waals surface area contributed by atoms with Crippen LogP contribution in [-0.4, -0.2) is 17.3 Å². The zero-order chi connectivity index (χ0) is 16.2. The van der Waals surface area contributed by atoms with E-state index < -0.39 is 0 Å². The summed E-state index contributed by atoms with van der Waals surface area (Å²) in [7, 11) is 0. The molecular weight excluding hydrogens is 242 g/mol. The van der Waals surface area contributed by atoms with E-state index in [4.69, 9.17) is 0 Å². The fraction of sp³-hybridized carbons (Fsp3) is 0.316. The summed E-state index contributed by atoms with van der Waals surface area (Å²) in [6, 6.07) is 0. The van der Waals surface area contributed by atoms with Crippen molar-refractivity contribution >= 4 is 6.21 Å². The molecule has 0 aliphatic carbocycles. The molecule has 0 aromatic rings. The Morgan fingerprint density at radius 2 is 1.55 bits per heavy atom. The van der Waals surface area contributed by atoms with Gasteiger partial charge in [0.15, 0.2) is 19.0 Å². The number of hydrogen-bond acceptors (Lipinski definition) is 0. The van der Waals surface area contributed by atoms with Gasteiger partial charge in [0, 0.05) is 5.57 Å². The summed E-state index contributed by atoms with van der Waals surface area (Å²) in [6.07, 6.45) is 17.1. The molecule has 0 aromatic carbocycles. The van der Waals surface area contributed by atoms with Crippen LogP contribution in [0.1, 0.15) is 34.6 Å². The summed E-state index contributed by atoms with van der Waals surface area (Å²) in [5.74, 6) is 0. The lowest BCUT2D eigenvalue weighted by Crippen LogP contribution is -2.07. The van der Waals surface area contributed by atoms with Gasteiger partial charge in [-0.15, -0.1) is 0 Å². The van der Waals surface area contributed by atoms with E-state index in [-0.39, 0.29) is 0 Å². The van der Waals surface area contributed by atoms with Crippen molar-refractivity contribution in [2.75, 3.05) is 6.54 Å². The van der Waals surface area contributed by atoms with Crippen molar-refractivity contribution in [1.29, 1.82) is 0 Å². The monoisotopic (exact) mass is 274 g/mol. The summed E-state index contributed by atoms with van der Waals surface area (Å²) in [6.45, 7) is 21.9. The first kappa shape index (κ1) is 23.2. The third kappa shape index (κ3) is 16.1. The number of nitrogens with zero attached hydrogens (tertiary/aromatic N) is 1. The average Bonchev–Trinajstić information content (AvgIpc) is 2.53. The van der Waals surface area contributed by atoms with Gasteiger partial charge in [0.05, 0.1) is 0 Å². The highest BCUT2D eigenvalue weighted by Gasteiger charge is 1.99.